The molecule has 6 heteroatoms. The second kappa shape index (κ2) is 8.47. The van der Waals surface area contributed by atoms with Gasteiger partial charge >= 0.3 is 0 Å². The fourth-order valence-corrected chi connectivity index (χ4v) is 3.81. The molecule has 3 aromatic rings. The number of nitrogens with zero attached hydrogens (tertiary/aromatic N) is 1. The van der Waals surface area contributed by atoms with Crippen LogP contribution in [0.4, 0.5) is 11.4 Å². The standard InChI is InChI=1S/C23H15ClN2O2S/c24-16-11-13-18(14-12-16)26-22-19(21(27)23(28)29-22)20(15-7-3-1-4-8-15)25-17-9-5-2-6-10-17/h1-14,25H/b20-19-,26-22?. The lowest BCUT2D eigenvalue weighted by molar-refractivity contribution is -0.128. The van der Waals surface area contributed by atoms with Crippen LogP contribution in [0.3, 0.4) is 0 Å². The van der Waals surface area contributed by atoms with Gasteiger partial charge in [0.2, 0.25) is 5.78 Å². The number of nitrogens with one attached hydrogen (secondary N) is 1. The van der Waals surface area contributed by atoms with E-state index in [1.807, 2.05) is 60.7 Å². The fourth-order valence-electron chi connectivity index (χ4n) is 2.87. The fraction of sp³-hybridized carbons (Fsp3) is 0. The number of aliphatic imine (C=N–C) groups is 1. The van der Waals surface area contributed by atoms with E-state index in [0.717, 1.165) is 23.0 Å². The van der Waals surface area contributed by atoms with Crippen LogP contribution >= 0.6 is 23.4 Å². The van der Waals surface area contributed by atoms with Crippen LogP contribution in [-0.4, -0.2) is 15.9 Å². The van der Waals surface area contributed by atoms with Gasteiger partial charge in [0.15, 0.2) is 0 Å². The predicted octanol–water partition coefficient (Wildman–Crippen LogP) is 5.74. The first kappa shape index (κ1) is 19.2. The largest absolute Gasteiger partial charge is 0.354 e. The molecular formula is C23H15ClN2O2S. The molecule has 0 bridgehead atoms. The summed E-state index contributed by atoms with van der Waals surface area (Å²) in [5, 5.41) is 3.71. The monoisotopic (exact) mass is 418 g/mol. The second-order valence-corrected chi connectivity index (χ2v) is 7.62. The van der Waals surface area contributed by atoms with Crippen molar-refractivity contribution in [3.63, 3.8) is 0 Å². The Kier molecular flexibility index (Phi) is 5.60. The molecule has 0 spiro atoms. The zero-order valence-corrected chi connectivity index (χ0v) is 16.7. The lowest BCUT2D eigenvalue weighted by Crippen LogP contribution is -2.13. The van der Waals surface area contributed by atoms with Gasteiger partial charge in [-0.25, -0.2) is 4.99 Å². The van der Waals surface area contributed by atoms with Crippen molar-refractivity contribution in [3.05, 3.63) is 101 Å². The van der Waals surface area contributed by atoms with Gasteiger partial charge in [-0.3, -0.25) is 9.59 Å². The van der Waals surface area contributed by atoms with E-state index in [4.69, 9.17) is 11.6 Å². The summed E-state index contributed by atoms with van der Waals surface area (Å²) in [6.45, 7) is 0. The van der Waals surface area contributed by atoms with Crippen molar-refractivity contribution in [2.75, 3.05) is 5.32 Å². The molecule has 0 radical (unpaired) electrons. The number of halogens is 1. The number of benzene rings is 3. The van der Waals surface area contributed by atoms with Crippen LogP contribution < -0.4 is 5.32 Å². The van der Waals surface area contributed by atoms with Crippen LogP contribution in [0.2, 0.25) is 5.02 Å². The molecule has 1 fully saturated rings. The van der Waals surface area contributed by atoms with Gasteiger partial charge in [0.05, 0.1) is 17.0 Å². The van der Waals surface area contributed by atoms with Gasteiger partial charge in [-0.2, -0.15) is 0 Å². The molecular weight excluding hydrogens is 404 g/mol. The van der Waals surface area contributed by atoms with Crippen molar-refractivity contribution < 1.29 is 9.59 Å². The molecule has 1 saturated heterocycles. The molecule has 1 aliphatic heterocycles. The molecule has 4 nitrogen and oxygen atoms in total. The summed E-state index contributed by atoms with van der Waals surface area (Å²) in [4.78, 5) is 29.6. The number of para-hydroxylation sites is 1. The average molecular weight is 419 g/mol. The van der Waals surface area contributed by atoms with Gasteiger partial charge in [0.1, 0.15) is 5.04 Å². The summed E-state index contributed by atoms with van der Waals surface area (Å²) >= 11 is 6.79. The highest BCUT2D eigenvalue weighted by Crippen LogP contribution is 2.34. The topological polar surface area (TPSA) is 58.5 Å². The van der Waals surface area contributed by atoms with Gasteiger partial charge in [-0.1, -0.05) is 60.1 Å². The van der Waals surface area contributed by atoms with E-state index >= 15 is 0 Å². The Morgan fingerprint density at radius 1 is 0.828 bits per heavy atom. The molecule has 4 rings (SSSR count). The number of hydrogen-bond donors (Lipinski definition) is 1. The van der Waals surface area contributed by atoms with E-state index in [1.54, 1.807) is 24.3 Å². The molecule has 1 heterocycles. The van der Waals surface area contributed by atoms with E-state index < -0.39 is 10.9 Å². The van der Waals surface area contributed by atoms with Gasteiger partial charge in [-0.05, 0) is 53.7 Å². The van der Waals surface area contributed by atoms with E-state index in [9.17, 15) is 9.59 Å². The molecule has 142 valence electrons. The molecule has 0 unspecified atom stereocenters. The van der Waals surface area contributed by atoms with Gasteiger partial charge < -0.3 is 5.32 Å². The third-order valence-corrected chi connectivity index (χ3v) is 5.34. The Hall–Kier alpha value is -3.15. The number of carbonyl (C=O) groups excluding carboxylic acids is 2. The zero-order chi connectivity index (χ0) is 20.2. The number of rotatable bonds is 4. The SMILES string of the molecule is O=C1SC(=Nc2ccc(Cl)cc2)/C(=C(\Nc2ccccc2)c2ccccc2)C1=O. The van der Waals surface area contributed by atoms with Crippen LogP contribution in [0.15, 0.2) is 95.5 Å². The third-order valence-electron chi connectivity index (χ3n) is 4.23. The van der Waals surface area contributed by atoms with Crippen molar-refractivity contribution in [2.45, 2.75) is 0 Å². The number of hydrogen-bond acceptors (Lipinski definition) is 5. The number of ketones is 1. The Bertz CT molecular complexity index is 1120. The van der Waals surface area contributed by atoms with E-state index in [1.165, 1.54) is 0 Å². The summed E-state index contributed by atoms with van der Waals surface area (Å²) < 4.78 is 0. The lowest BCUT2D eigenvalue weighted by atomic mass is 10.0. The quantitative estimate of drug-likeness (QED) is 0.433. The molecule has 0 saturated carbocycles. The molecule has 1 N–H and O–H groups in total. The van der Waals surface area contributed by atoms with Crippen LogP contribution in [0.1, 0.15) is 5.56 Å². The van der Waals surface area contributed by atoms with Crippen molar-refractivity contribution in [2.24, 2.45) is 4.99 Å². The van der Waals surface area contributed by atoms with Gasteiger partial charge in [0, 0.05) is 10.7 Å². The van der Waals surface area contributed by atoms with Crippen molar-refractivity contribution in [1.82, 2.24) is 0 Å². The Morgan fingerprint density at radius 2 is 1.45 bits per heavy atom. The number of Topliss-reactive ketones (excluding diaryl/α,β-unsaturated/α-hetero) is 1. The van der Waals surface area contributed by atoms with Crippen LogP contribution in [0, 0.1) is 0 Å². The Labute approximate surface area is 177 Å². The Morgan fingerprint density at radius 3 is 2.10 bits per heavy atom. The predicted molar refractivity (Wildman–Crippen MR) is 120 cm³/mol. The van der Waals surface area contributed by atoms with E-state index in [-0.39, 0.29) is 5.57 Å². The molecule has 0 atom stereocenters. The van der Waals surface area contributed by atoms with Crippen LogP contribution in [0.5, 0.6) is 0 Å². The first-order valence-corrected chi connectivity index (χ1v) is 10.0. The molecule has 0 aliphatic carbocycles. The number of anilines is 1. The first-order valence-electron chi connectivity index (χ1n) is 8.85. The van der Waals surface area contributed by atoms with Crippen molar-refractivity contribution in [3.8, 4) is 0 Å². The molecule has 0 aromatic heterocycles. The lowest BCUT2D eigenvalue weighted by Gasteiger charge is -2.14. The smallest absolute Gasteiger partial charge is 0.266 e. The summed E-state index contributed by atoms with van der Waals surface area (Å²) in [5.74, 6) is -0.565. The normalized spacial score (nSPS) is 16.9. The summed E-state index contributed by atoms with van der Waals surface area (Å²) in [6.07, 6.45) is 0. The maximum absolute atomic E-state index is 12.8. The molecule has 0 amide bonds. The summed E-state index contributed by atoms with van der Waals surface area (Å²) in [7, 11) is 0. The minimum absolute atomic E-state index is 0.269. The maximum Gasteiger partial charge on any atom is 0.266 e. The van der Waals surface area contributed by atoms with E-state index in [2.05, 4.69) is 10.3 Å². The third kappa shape index (κ3) is 4.31. The maximum atomic E-state index is 12.8. The minimum atomic E-state index is -0.565. The second-order valence-electron chi connectivity index (χ2n) is 6.22. The highest BCUT2D eigenvalue weighted by Gasteiger charge is 2.37. The first-order chi connectivity index (χ1) is 14.1. The highest BCUT2D eigenvalue weighted by molar-refractivity contribution is 8.29. The highest BCUT2D eigenvalue weighted by atomic mass is 35.5. The Balaban J connectivity index is 1.88. The van der Waals surface area contributed by atoms with Crippen molar-refractivity contribution in [1.29, 1.82) is 0 Å². The summed E-state index contributed by atoms with van der Waals surface area (Å²) in [5.41, 5.74) is 3.03. The molecule has 1 aliphatic rings. The molecule has 29 heavy (non-hydrogen) atoms. The van der Waals surface area contributed by atoms with E-state index in [0.29, 0.717) is 21.5 Å². The van der Waals surface area contributed by atoms with Crippen LogP contribution in [-0.2, 0) is 9.59 Å². The van der Waals surface area contributed by atoms with Crippen LogP contribution in [0.25, 0.3) is 5.70 Å². The van der Waals surface area contributed by atoms with Crippen molar-refractivity contribution >= 4 is 56.4 Å². The van der Waals surface area contributed by atoms with Gasteiger partial charge in [-0.15, -0.1) is 0 Å². The number of carbonyl (C=O) groups is 2. The minimum Gasteiger partial charge on any atom is -0.354 e. The van der Waals surface area contributed by atoms with Gasteiger partial charge in [0.25, 0.3) is 5.12 Å². The average Bonchev–Trinajstić information content (AvgIpc) is 3.02. The zero-order valence-electron chi connectivity index (χ0n) is 15.1. The number of thioether (sulfide) groups is 1. The molecule has 3 aromatic carbocycles. The summed E-state index contributed by atoms with van der Waals surface area (Å²) in [6, 6.07) is 25.9.